The summed E-state index contributed by atoms with van der Waals surface area (Å²) in [5.41, 5.74) is 1.49. The molecule has 5 nitrogen and oxygen atoms in total. The van der Waals surface area contributed by atoms with Crippen LogP contribution in [0.5, 0.6) is 0 Å². The van der Waals surface area contributed by atoms with Crippen LogP contribution >= 0.6 is 0 Å². The van der Waals surface area contributed by atoms with Gasteiger partial charge in [0, 0.05) is 40.1 Å². The van der Waals surface area contributed by atoms with E-state index in [-0.39, 0.29) is 0 Å². The van der Waals surface area contributed by atoms with Crippen LogP contribution in [0.25, 0.3) is 0 Å². The first-order valence-corrected chi connectivity index (χ1v) is 5.90. The van der Waals surface area contributed by atoms with E-state index in [0.717, 1.165) is 25.2 Å². The van der Waals surface area contributed by atoms with E-state index in [1.807, 2.05) is 0 Å². The van der Waals surface area contributed by atoms with Gasteiger partial charge in [-0.05, 0) is 12.5 Å². The van der Waals surface area contributed by atoms with Gasteiger partial charge in [-0.1, -0.05) is 0 Å². The molecule has 0 N–H and O–H groups in total. The molecule has 0 bridgehead atoms. The van der Waals surface area contributed by atoms with Crippen molar-refractivity contribution in [2.45, 2.75) is 6.42 Å². The molecule has 0 fully saturated rings. The van der Waals surface area contributed by atoms with Crippen LogP contribution < -0.4 is 4.90 Å². The van der Waals surface area contributed by atoms with Gasteiger partial charge in [0.15, 0.2) is 0 Å². The van der Waals surface area contributed by atoms with Crippen molar-refractivity contribution >= 4 is 5.69 Å². The quantitative estimate of drug-likeness (QED) is 0.652. The summed E-state index contributed by atoms with van der Waals surface area (Å²) in [4.78, 5) is 6.19. The van der Waals surface area contributed by atoms with Gasteiger partial charge in [-0.15, -0.1) is 0 Å². The third kappa shape index (κ3) is 4.32. The number of hydrogen-bond acceptors (Lipinski definition) is 5. The standard InChI is InChI=1S/C13H19N3O2/c1-17-8-3-6-16(7-9-18-2)13-11-15-5-4-12(13)10-14/h4-5,11H,3,6-9H2,1-2H3. The Morgan fingerprint density at radius 3 is 2.72 bits per heavy atom. The van der Waals surface area contributed by atoms with Crippen molar-refractivity contribution in [3.63, 3.8) is 0 Å². The molecule has 0 aliphatic heterocycles. The van der Waals surface area contributed by atoms with Gasteiger partial charge in [-0.25, -0.2) is 0 Å². The molecule has 18 heavy (non-hydrogen) atoms. The third-order valence-electron chi connectivity index (χ3n) is 2.60. The molecule has 0 aliphatic carbocycles. The van der Waals surface area contributed by atoms with E-state index in [4.69, 9.17) is 14.7 Å². The fraction of sp³-hybridized carbons (Fsp3) is 0.538. The number of pyridine rings is 1. The number of hydrogen-bond donors (Lipinski definition) is 0. The van der Waals surface area contributed by atoms with Crippen LogP contribution in [-0.4, -0.2) is 45.5 Å². The largest absolute Gasteiger partial charge is 0.385 e. The summed E-state index contributed by atoms with van der Waals surface area (Å²) in [7, 11) is 3.35. The molecule has 1 rings (SSSR count). The second-order valence-corrected chi connectivity index (χ2v) is 3.83. The van der Waals surface area contributed by atoms with E-state index < -0.39 is 0 Å². The Balaban J connectivity index is 2.77. The number of ether oxygens (including phenoxy) is 2. The van der Waals surface area contributed by atoms with Crippen LogP contribution in [0.3, 0.4) is 0 Å². The highest BCUT2D eigenvalue weighted by molar-refractivity contribution is 5.57. The molecule has 98 valence electrons. The lowest BCUT2D eigenvalue weighted by molar-refractivity contribution is 0.191. The summed E-state index contributed by atoms with van der Waals surface area (Å²) in [5.74, 6) is 0. The van der Waals surface area contributed by atoms with Crippen LogP contribution in [0.15, 0.2) is 18.5 Å². The van der Waals surface area contributed by atoms with Crippen LogP contribution in [0.1, 0.15) is 12.0 Å². The van der Waals surface area contributed by atoms with Gasteiger partial charge in [-0.2, -0.15) is 5.26 Å². The van der Waals surface area contributed by atoms with Gasteiger partial charge in [0.1, 0.15) is 6.07 Å². The summed E-state index contributed by atoms with van der Waals surface area (Å²) in [6.45, 7) is 2.87. The van der Waals surface area contributed by atoms with Gasteiger partial charge in [-0.3, -0.25) is 4.98 Å². The van der Waals surface area contributed by atoms with E-state index in [9.17, 15) is 0 Å². The van der Waals surface area contributed by atoms with E-state index in [2.05, 4.69) is 16.0 Å². The minimum atomic E-state index is 0.618. The van der Waals surface area contributed by atoms with E-state index in [1.54, 1.807) is 32.7 Å². The molecule has 0 atom stereocenters. The molecule has 0 radical (unpaired) electrons. The molecule has 1 aromatic rings. The molecule has 0 aromatic carbocycles. The summed E-state index contributed by atoms with van der Waals surface area (Å²) < 4.78 is 10.1. The Hall–Kier alpha value is -1.64. The Morgan fingerprint density at radius 2 is 2.06 bits per heavy atom. The highest BCUT2D eigenvalue weighted by atomic mass is 16.5. The molecular formula is C13H19N3O2. The predicted molar refractivity (Wildman–Crippen MR) is 69.5 cm³/mol. The minimum Gasteiger partial charge on any atom is -0.385 e. The summed E-state index contributed by atoms with van der Waals surface area (Å²) in [6, 6.07) is 3.92. The van der Waals surface area contributed by atoms with Crippen molar-refractivity contribution in [2.24, 2.45) is 0 Å². The Morgan fingerprint density at radius 1 is 1.28 bits per heavy atom. The van der Waals surface area contributed by atoms with Gasteiger partial charge in [0.2, 0.25) is 0 Å². The molecule has 0 amide bonds. The van der Waals surface area contributed by atoms with Gasteiger partial charge in [0.05, 0.1) is 24.1 Å². The molecule has 0 aliphatic rings. The van der Waals surface area contributed by atoms with E-state index in [0.29, 0.717) is 18.8 Å². The zero-order chi connectivity index (χ0) is 13.2. The molecule has 0 spiro atoms. The van der Waals surface area contributed by atoms with Gasteiger partial charge >= 0.3 is 0 Å². The van der Waals surface area contributed by atoms with Crippen LogP contribution in [0.4, 0.5) is 5.69 Å². The maximum absolute atomic E-state index is 9.10. The van der Waals surface area contributed by atoms with Crippen molar-refractivity contribution in [3.8, 4) is 6.07 Å². The van der Waals surface area contributed by atoms with Gasteiger partial charge < -0.3 is 14.4 Å². The number of nitrogens with zero attached hydrogens (tertiary/aromatic N) is 3. The zero-order valence-electron chi connectivity index (χ0n) is 10.9. The lowest BCUT2D eigenvalue weighted by Crippen LogP contribution is -2.29. The Bertz CT molecular complexity index is 390. The van der Waals surface area contributed by atoms with E-state index >= 15 is 0 Å². The highest BCUT2D eigenvalue weighted by Crippen LogP contribution is 2.18. The van der Waals surface area contributed by atoms with Crippen LogP contribution in [-0.2, 0) is 9.47 Å². The molecule has 5 heteroatoms. The van der Waals surface area contributed by atoms with Crippen molar-refractivity contribution in [1.29, 1.82) is 5.26 Å². The number of nitriles is 1. The first kappa shape index (κ1) is 14.4. The van der Waals surface area contributed by atoms with Crippen molar-refractivity contribution in [1.82, 2.24) is 4.98 Å². The van der Waals surface area contributed by atoms with Crippen molar-refractivity contribution < 1.29 is 9.47 Å². The number of aromatic nitrogens is 1. The smallest absolute Gasteiger partial charge is 0.101 e. The number of methoxy groups -OCH3 is 2. The topological polar surface area (TPSA) is 58.4 Å². The van der Waals surface area contributed by atoms with Crippen LogP contribution in [0, 0.1) is 11.3 Å². The van der Waals surface area contributed by atoms with Crippen LogP contribution in [0.2, 0.25) is 0 Å². The molecular weight excluding hydrogens is 230 g/mol. The summed E-state index contributed by atoms with van der Waals surface area (Å²) in [6.07, 6.45) is 4.26. The minimum absolute atomic E-state index is 0.618. The summed E-state index contributed by atoms with van der Waals surface area (Å²) >= 11 is 0. The maximum atomic E-state index is 9.10. The zero-order valence-corrected chi connectivity index (χ0v) is 10.9. The van der Waals surface area contributed by atoms with Gasteiger partial charge in [0.25, 0.3) is 0 Å². The predicted octanol–water partition coefficient (Wildman–Crippen LogP) is 1.44. The maximum Gasteiger partial charge on any atom is 0.101 e. The van der Waals surface area contributed by atoms with Crippen molar-refractivity contribution in [2.75, 3.05) is 45.4 Å². The SMILES string of the molecule is COCCCN(CCOC)c1cnccc1C#N. The fourth-order valence-electron chi connectivity index (χ4n) is 1.69. The average molecular weight is 249 g/mol. The van der Waals surface area contributed by atoms with Crippen molar-refractivity contribution in [3.05, 3.63) is 24.0 Å². The monoisotopic (exact) mass is 249 g/mol. The third-order valence-corrected chi connectivity index (χ3v) is 2.60. The van der Waals surface area contributed by atoms with E-state index in [1.165, 1.54) is 0 Å². The second kappa shape index (κ2) is 8.45. The summed E-state index contributed by atoms with van der Waals surface area (Å²) in [5, 5.41) is 9.10. The Kier molecular flexibility index (Phi) is 6.77. The average Bonchev–Trinajstić information content (AvgIpc) is 2.42. The molecule has 0 unspecified atom stereocenters. The molecule has 0 saturated carbocycles. The lowest BCUT2D eigenvalue weighted by atomic mass is 10.2. The number of anilines is 1. The lowest BCUT2D eigenvalue weighted by Gasteiger charge is -2.24. The normalized spacial score (nSPS) is 10.1. The molecule has 1 heterocycles. The molecule has 0 saturated heterocycles. The first-order valence-electron chi connectivity index (χ1n) is 5.90. The number of rotatable bonds is 8. The Labute approximate surface area is 108 Å². The first-order chi connectivity index (χ1) is 8.83. The second-order valence-electron chi connectivity index (χ2n) is 3.83. The highest BCUT2D eigenvalue weighted by Gasteiger charge is 2.10. The fourth-order valence-corrected chi connectivity index (χ4v) is 1.69. The molecule has 1 aromatic heterocycles.